The molecular formula is C27H42N2O2. The van der Waals surface area contributed by atoms with E-state index in [-0.39, 0.29) is 41.0 Å². The van der Waals surface area contributed by atoms with E-state index in [4.69, 9.17) is 4.84 Å². The van der Waals surface area contributed by atoms with Crippen LogP contribution in [0.2, 0.25) is 0 Å². The Hall–Kier alpha value is -1.65. The van der Waals surface area contributed by atoms with E-state index in [1.165, 1.54) is 5.56 Å². The molecule has 0 radical (unpaired) electrons. The Morgan fingerprint density at radius 3 is 2.48 bits per heavy atom. The van der Waals surface area contributed by atoms with Gasteiger partial charge in [0.2, 0.25) is 5.91 Å². The molecule has 1 aromatic carbocycles. The van der Waals surface area contributed by atoms with Crippen LogP contribution in [0.1, 0.15) is 91.7 Å². The summed E-state index contributed by atoms with van der Waals surface area (Å²) in [7, 11) is 0. The van der Waals surface area contributed by atoms with Crippen LogP contribution in [0.25, 0.3) is 0 Å². The number of rotatable bonds is 7. The summed E-state index contributed by atoms with van der Waals surface area (Å²) in [6.45, 7) is 13.5. The van der Waals surface area contributed by atoms with Gasteiger partial charge in [-0.1, -0.05) is 63.3 Å². The molecule has 1 aliphatic carbocycles. The SMILES string of the molecule is CCC1(C)CC(NC(=O)C2CC=CCC2)C(C)C(C)(CC)N1OC(C)c1ccccc1. The van der Waals surface area contributed by atoms with Crippen molar-refractivity contribution in [1.82, 2.24) is 10.4 Å². The second-order valence-electron chi connectivity index (χ2n) is 10.1. The molecule has 4 heteroatoms. The standard InChI is InChI=1S/C27H42N2O2/c1-7-26(5)19-24(28-25(30)23-17-13-10-14-18-23)20(3)27(6,8-2)29(26)31-21(4)22-15-11-9-12-16-22/h9-13,15-16,20-21,23-24H,7-8,14,17-19H2,1-6H3,(H,28,30). The molecule has 4 nitrogen and oxygen atoms in total. The predicted octanol–water partition coefficient (Wildman–Crippen LogP) is 6.20. The number of hydrogen-bond acceptors (Lipinski definition) is 3. The molecule has 31 heavy (non-hydrogen) atoms. The average Bonchev–Trinajstić information content (AvgIpc) is 2.81. The fourth-order valence-corrected chi connectivity index (χ4v) is 5.42. The maximum atomic E-state index is 13.1. The minimum Gasteiger partial charge on any atom is -0.353 e. The van der Waals surface area contributed by atoms with Crippen molar-refractivity contribution in [2.45, 2.75) is 103 Å². The van der Waals surface area contributed by atoms with Crippen LogP contribution in [-0.4, -0.2) is 28.1 Å². The Bertz CT molecular complexity index is 764. The molecule has 1 N–H and O–H groups in total. The molecule has 1 fully saturated rings. The Morgan fingerprint density at radius 1 is 1.19 bits per heavy atom. The quantitative estimate of drug-likeness (QED) is 0.528. The number of carbonyl (C=O) groups excluding carboxylic acids is 1. The first-order valence-electron chi connectivity index (χ1n) is 12.2. The Morgan fingerprint density at radius 2 is 1.90 bits per heavy atom. The highest BCUT2D eigenvalue weighted by Crippen LogP contribution is 2.47. The normalized spacial score (nSPS) is 35.0. The second-order valence-corrected chi connectivity index (χ2v) is 10.1. The third-order valence-electron chi connectivity index (χ3n) is 8.18. The van der Waals surface area contributed by atoms with Crippen LogP contribution < -0.4 is 5.32 Å². The average molecular weight is 427 g/mol. The number of hydrogen-bond donors (Lipinski definition) is 1. The number of amides is 1. The molecule has 1 saturated heterocycles. The van der Waals surface area contributed by atoms with Gasteiger partial charge in [-0.2, -0.15) is 5.06 Å². The lowest BCUT2D eigenvalue weighted by molar-refractivity contribution is -0.327. The molecule has 1 heterocycles. The Labute approximate surface area is 189 Å². The molecule has 1 aliphatic heterocycles. The van der Waals surface area contributed by atoms with Crippen LogP contribution in [0, 0.1) is 11.8 Å². The molecule has 1 amide bonds. The number of nitrogens with one attached hydrogen (secondary N) is 1. The maximum absolute atomic E-state index is 13.1. The van der Waals surface area contributed by atoms with Gasteiger partial charge in [0.15, 0.2) is 0 Å². The summed E-state index contributed by atoms with van der Waals surface area (Å²) in [5.41, 5.74) is 0.870. The summed E-state index contributed by atoms with van der Waals surface area (Å²) in [4.78, 5) is 19.8. The van der Waals surface area contributed by atoms with Gasteiger partial charge in [-0.15, -0.1) is 0 Å². The van der Waals surface area contributed by atoms with Gasteiger partial charge in [-0.05, 0) is 70.8 Å². The highest BCUT2D eigenvalue weighted by Gasteiger charge is 2.54. The van der Waals surface area contributed by atoms with Crippen molar-refractivity contribution in [1.29, 1.82) is 0 Å². The highest BCUT2D eigenvalue weighted by molar-refractivity contribution is 5.79. The second kappa shape index (κ2) is 9.87. The van der Waals surface area contributed by atoms with Gasteiger partial charge in [0.1, 0.15) is 6.10 Å². The Kier molecular flexibility index (Phi) is 7.64. The highest BCUT2D eigenvalue weighted by atomic mass is 16.7. The van der Waals surface area contributed by atoms with Crippen LogP contribution in [0.4, 0.5) is 0 Å². The molecule has 6 atom stereocenters. The fraction of sp³-hybridized carbons (Fsp3) is 0.667. The number of nitrogens with zero attached hydrogens (tertiary/aromatic N) is 1. The largest absolute Gasteiger partial charge is 0.353 e. The minimum absolute atomic E-state index is 0.0229. The lowest BCUT2D eigenvalue weighted by Gasteiger charge is -2.60. The van der Waals surface area contributed by atoms with E-state index in [1.807, 2.05) is 6.07 Å². The first kappa shape index (κ1) is 24.0. The molecule has 0 bridgehead atoms. The van der Waals surface area contributed by atoms with Gasteiger partial charge < -0.3 is 5.32 Å². The van der Waals surface area contributed by atoms with Crippen molar-refractivity contribution in [3.8, 4) is 0 Å². The first-order valence-corrected chi connectivity index (χ1v) is 12.2. The maximum Gasteiger partial charge on any atom is 0.223 e. The molecule has 2 aliphatic rings. The predicted molar refractivity (Wildman–Crippen MR) is 127 cm³/mol. The van der Waals surface area contributed by atoms with Crippen LogP contribution in [0.3, 0.4) is 0 Å². The van der Waals surface area contributed by atoms with Crippen LogP contribution >= 0.6 is 0 Å². The van der Waals surface area contributed by atoms with Crippen molar-refractivity contribution in [2.75, 3.05) is 0 Å². The summed E-state index contributed by atoms with van der Waals surface area (Å²) >= 11 is 0. The van der Waals surface area contributed by atoms with Gasteiger partial charge in [0, 0.05) is 23.0 Å². The minimum atomic E-state index is -0.170. The summed E-state index contributed by atoms with van der Waals surface area (Å²) in [6.07, 6.45) is 10.00. The topological polar surface area (TPSA) is 41.6 Å². The molecular weight excluding hydrogens is 384 g/mol. The summed E-state index contributed by atoms with van der Waals surface area (Å²) in [6, 6.07) is 10.6. The van der Waals surface area contributed by atoms with E-state index in [0.717, 1.165) is 38.5 Å². The van der Waals surface area contributed by atoms with Crippen molar-refractivity contribution in [2.24, 2.45) is 11.8 Å². The zero-order valence-electron chi connectivity index (χ0n) is 20.4. The van der Waals surface area contributed by atoms with Crippen molar-refractivity contribution < 1.29 is 9.63 Å². The van der Waals surface area contributed by atoms with E-state index < -0.39 is 0 Å². The molecule has 6 unspecified atom stereocenters. The third-order valence-corrected chi connectivity index (χ3v) is 8.18. The monoisotopic (exact) mass is 426 g/mol. The summed E-state index contributed by atoms with van der Waals surface area (Å²) < 4.78 is 0. The lowest BCUT2D eigenvalue weighted by atomic mass is 9.68. The molecule has 0 aromatic heterocycles. The zero-order valence-corrected chi connectivity index (χ0v) is 20.4. The van der Waals surface area contributed by atoms with E-state index in [1.54, 1.807) is 0 Å². The van der Waals surface area contributed by atoms with Gasteiger partial charge >= 0.3 is 0 Å². The molecule has 1 aromatic rings. The van der Waals surface area contributed by atoms with Gasteiger partial charge in [-0.25, -0.2) is 0 Å². The van der Waals surface area contributed by atoms with Gasteiger partial charge in [0.05, 0.1) is 0 Å². The smallest absolute Gasteiger partial charge is 0.223 e. The molecule has 3 rings (SSSR count). The fourth-order valence-electron chi connectivity index (χ4n) is 5.42. The van der Waals surface area contributed by atoms with Gasteiger partial charge in [-0.3, -0.25) is 9.63 Å². The summed E-state index contributed by atoms with van der Waals surface area (Å²) in [5.74, 6) is 0.624. The number of hydroxylamine groups is 2. The number of piperidine rings is 1. The van der Waals surface area contributed by atoms with E-state index in [2.05, 4.69) is 88.3 Å². The van der Waals surface area contributed by atoms with E-state index in [0.29, 0.717) is 0 Å². The zero-order chi connectivity index (χ0) is 22.6. The summed E-state index contributed by atoms with van der Waals surface area (Å²) in [5, 5.41) is 5.77. The van der Waals surface area contributed by atoms with Crippen molar-refractivity contribution in [3.63, 3.8) is 0 Å². The molecule has 172 valence electrons. The third kappa shape index (κ3) is 4.90. The first-order chi connectivity index (χ1) is 14.7. The number of benzene rings is 1. The molecule has 0 spiro atoms. The lowest BCUT2D eigenvalue weighted by Crippen LogP contribution is -2.70. The van der Waals surface area contributed by atoms with Crippen molar-refractivity contribution in [3.05, 3.63) is 48.0 Å². The van der Waals surface area contributed by atoms with Gasteiger partial charge in [0.25, 0.3) is 0 Å². The van der Waals surface area contributed by atoms with E-state index >= 15 is 0 Å². The number of carbonyl (C=O) groups is 1. The van der Waals surface area contributed by atoms with E-state index in [9.17, 15) is 4.79 Å². The van der Waals surface area contributed by atoms with Crippen LogP contribution in [-0.2, 0) is 9.63 Å². The Balaban J connectivity index is 1.83. The van der Waals surface area contributed by atoms with Crippen LogP contribution in [0.15, 0.2) is 42.5 Å². The van der Waals surface area contributed by atoms with Crippen molar-refractivity contribution >= 4 is 5.91 Å². The number of allylic oxidation sites excluding steroid dienone is 2. The van der Waals surface area contributed by atoms with Crippen LogP contribution in [0.5, 0.6) is 0 Å². The molecule has 0 saturated carbocycles.